The molecule has 2 heterocycles. The van der Waals surface area contributed by atoms with Crippen molar-refractivity contribution in [1.29, 1.82) is 0 Å². The van der Waals surface area contributed by atoms with E-state index in [-0.39, 0.29) is 12.2 Å². The Labute approximate surface area is 116 Å². The molecule has 0 radical (unpaired) electrons. The Balaban J connectivity index is 1.86. The molecule has 0 aromatic rings. The molecular weight excluding hydrogens is 333 g/mol. The molecule has 0 aromatic heterocycles. The van der Waals surface area contributed by atoms with E-state index in [9.17, 15) is 4.79 Å². The molecule has 0 aliphatic carbocycles. The van der Waals surface area contributed by atoms with Crippen molar-refractivity contribution >= 4 is 28.7 Å². The molecule has 0 saturated carbocycles. The van der Waals surface area contributed by atoms with Crippen LogP contribution in [0.25, 0.3) is 0 Å². The Kier molecular flexibility index (Phi) is 3.87. The van der Waals surface area contributed by atoms with E-state index in [1.807, 2.05) is 20.8 Å². The Morgan fingerprint density at radius 1 is 1.47 bits per heavy atom. The predicted molar refractivity (Wildman–Crippen MR) is 73.5 cm³/mol. The molecule has 0 aromatic carbocycles. The lowest BCUT2D eigenvalue weighted by atomic mass is 10.0. The van der Waals surface area contributed by atoms with Crippen LogP contribution in [0.5, 0.6) is 0 Å². The third-order valence-electron chi connectivity index (χ3n) is 3.14. The van der Waals surface area contributed by atoms with Gasteiger partial charge in [0.05, 0.1) is 18.8 Å². The molecule has 1 unspecified atom stereocenters. The van der Waals surface area contributed by atoms with Crippen molar-refractivity contribution in [1.82, 2.24) is 4.90 Å². The average Bonchev–Trinajstić information content (AvgIpc) is 2.70. The van der Waals surface area contributed by atoms with Crippen molar-refractivity contribution in [3.8, 4) is 0 Å². The van der Waals surface area contributed by atoms with E-state index < -0.39 is 5.60 Å². The maximum atomic E-state index is 11.9. The molecule has 2 rings (SSSR count). The lowest BCUT2D eigenvalue weighted by Gasteiger charge is -2.25. The lowest BCUT2D eigenvalue weighted by molar-refractivity contribution is 0.0172. The fourth-order valence-electron chi connectivity index (χ4n) is 2.44. The van der Waals surface area contributed by atoms with Crippen LogP contribution in [0.2, 0.25) is 0 Å². The smallest absolute Gasteiger partial charge is 0.410 e. The van der Waals surface area contributed by atoms with E-state index in [2.05, 4.69) is 22.6 Å². The van der Waals surface area contributed by atoms with Crippen LogP contribution in [-0.2, 0) is 9.47 Å². The Hall–Kier alpha value is -0.0400. The number of amides is 1. The largest absolute Gasteiger partial charge is 0.444 e. The summed E-state index contributed by atoms with van der Waals surface area (Å²) in [6.45, 7) is 7.15. The number of likely N-dealkylation sites (tertiary alicyclic amines) is 1. The molecular formula is C12H20INO3. The average molecular weight is 353 g/mol. The van der Waals surface area contributed by atoms with Gasteiger partial charge in [-0.2, -0.15) is 0 Å². The van der Waals surface area contributed by atoms with E-state index in [0.717, 1.165) is 17.4 Å². The Bertz CT molecular complexity index is 289. The van der Waals surface area contributed by atoms with E-state index in [0.29, 0.717) is 18.6 Å². The molecule has 98 valence electrons. The zero-order chi connectivity index (χ0) is 12.6. The zero-order valence-corrected chi connectivity index (χ0v) is 12.8. The summed E-state index contributed by atoms with van der Waals surface area (Å²) in [5.74, 6) is 0.502. The van der Waals surface area contributed by atoms with Gasteiger partial charge >= 0.3 is 6.09 Å². The fourth-order valence-corrected chi connectivity index (χ4v) is 3.00. The number of ether oxygens (including phenoxy) is 2. The van der Waals surface area contributed by atoms with Crippen molar-refractivity contribution in [2.75, 3.05) is 17.5 Å². The van der Waals surface area contributed by atoms with Crippen LogP contribution in [0.1, 0.15) is 27.2 Å². The van der Waals surface area contributed by atoms with E-state index >= 15 is 0 Å². The highest BCUT2D eigenvalue weighted by atomic mass is 127. The van der Waals surface area contributed by atoms with Crippen LogP contribution in [0.4, 0.5) is 4.79 Å². The number of alkyl halides is 1. The molecule has 2 aliphatic heterocycles. The molecule has 5 heteroatoms. The molecule has 3 atom stereocenters. The summed E-state index contributed by atoms with van der Waals surface area (Å²) in [7, 11) is 0. The van der Waals surface area contributed by atoms with Crippen LogP contribution in [0.15, 0.2) is 0 Å². The number of carbonyl (C=O) groups is 1. The maximum absolute atomic E-state index is 11.9. The molecule has 0 bridgehead atoms. The highest BCUT2D eigenvalue weighted by molar-refractivity contribution is 14.1. The Morgan fingerprint density at radius 3 is 2.71 bits per heavy atom. The molecule has 0 spiro atoms. The van der Waals surface area contributed by atoms with Gasteiger partial charge in [-0.05, 0) is 27.2 Å². The van der Waals surface area contributed by atoms with Gasteiger partial charge in [0, 0.05) is 16.9 Å². The molecule has 2 aliphatic rings. The van der Waals surface area contributed by atoms with Gasteiger partial charge in [0.25, 0.3) is 0 Å². The van der Waals surface area contributed by atoms with Crippen molar-refractivity contribution in [3.05, 3.63) is 0 Å². The van der Waals surface area contributed by atoms with E-state index in [1.165, 1.54) is 0 Å². The summed E-state index contributed by atoms with van der Waals surface area (Å²) < 4.78 is 12.3. The number of hydrogen-bond acceptors (Lipinski definition) is 3. The first-order valence-electron chi connectivity index (χ1n) is 6.08. The summed E-state index contributed by atoms with van der Waals surface area (Å²) in [5, 5.41) is 0. The summed E-state index contributed by atoms with van der Waals surface area (Å²) >= 11 is 2.36. The first-order chi connectivity index (χ1) is 7.89. The number of rotatable bonds is 1. The molecule has 1 amide bonds. The minimum atomic E-state index is -0.416. The van der Waals surface area contributed by atoms with Crippen LogP contribution in [0, 0.1) is 5.92 Å². The first kappa shape index (κ1) is 13.4. The number of halogens is 1. The molecule has 17 heavy (non-hydrogen) atoms. The lowest BCUT2D eigenvalue weighted by Crippen LogP contribution is -2.36. The molecule has 0 N–H and O–H groups in total. The molecule has 2 fully saturated rings. The van der Waals surface area contributed by atoms with Crippen molar-refractivity contribution in [2.45, 2.75) is 45.0 Å². The van der Waals surface area contributed by atoms with Crippen LogP contribution in [-0.4, -0.2) is 46.3 Å². The van der Waals surface area contributed by atoms with Gasteiger partial charge in [0.1, 0.15) is 5.60 Å². The van der Waals surface area contributed by atoms with E-state index in [1.54, 1.807) is 4.90 Å². The van der Waals surface area contributed by atoms with Crippen LogP contribution < -0.4 is 0 Å². The number of nitrogens with zero attached hydrogens (tertiary/aromatic N) is 1. The van der Waals surface area contributed by atoms with Crippen molar-refractivity contribution < 1.29 is 14.3 Å². The summed E-state index contributed by atoms with van der Waals surface area (Å²) in [5.41, 5.74) is -0.416. The maximum Gasteiger partial charge on any atom is 0.410 e. The van der Waals surface area contributed by atoms with Gasteiger partial charge in [0.15, 0.2) is 0 Å². The second-order valence-corrected chi connectivity index (χ2v) is 6.71. The first-order valence-corrected chi connectivity index (χ1v) is 7.61. The summed E-state index contributed by atoms with van der Waals surface area (Å²) in [6.07, 6.45) is 1.47. The highest BCUT2D eigenvalue weighted by Crippen LogP contribution is 2.34. The minimum Gasteiger partial charge on any atom is -0.444 e. The number of fused-ring (bicyclic) bond motifs is 1. The minimum absolute atomic E-state index is 0.207. The van der Waals surface area contributed by atoms with Crippen LogP contribution >= 0.6 is 22.6 Å². The van der Waals surface area contributed by atoms with Gasteiger partial charge in [-0.1, -0.05) is 22.6 Å². The van der Waals surface area contributed by atoms with Gasteiger partial charge in [-0.15, -0.1) is 0 Å². The third-order valence-corrected chi connectivity index (χ3v) is 4.12. The van der Waals surface area contributed by atoms with Gasteiger partial charge < -0.3 is 14.4 Å². The van der Waals surface area contributed by atoms with Crippen molar-refractivity contribution in [2.24, 2.45) is 5.92 Å². The van der Waals surface area contributed by atoms with Crippen molar-refractivity contribution in [3.63, 3.8) is 0 Å². The quantitative estimate of drug-likeness (QED) is 0.537. The number of carbonyl (C=O) groups excluding carboxylic acids is 1. The van der Waals surface area contributed by atoms with Crippen LogP contribution in [0.3, 0.4) is 0 Å². The van der Waals surface area contributed by atoms with Gasteiger partial charge in [0.2, 0.25) is 0 Å². The predicted octanol–water partition coefficient (Wildman–Crippen LogP) is 2.45. The zero-order valence-electron chi connectivity index (χ0n) is 10.6. The highest BCUT2D eigenvalue weighted by Gasteiger charge is 2.43. The topological polar surface area (TPSA) is 38.8 Å². The standard InChI is InChI=1S/C12H20INO3/c1-12(2,3)17-11(15)14-6-8-4-9(5-13)16-10(8)7-14/h8-10H,4-7H2,1-3H3/t8-,9?,10+/m1/s1. The second-order valence-electron chi connectivity index (χ2n) is 5.83. The third kappa shape index (κ3) is 3.24. The molecule has 4 nitrogen and oxygen atoms in total. The van der Waals surface area contributed by atoms with Gasteiger partial charge in [-0.25, -0.2) is 4.79 Å². The SMILES string of the molecule is CC(C)(C)OC(=O)N1C[C@H]2CC(CI)O[C@H]2C1. The monoisotopic (exact) mass is 353 g/mol. The second kappa shape index (κ2) is 4.91. The summed E-state index contributed by atoms with van der Waals surface area (Å²) in [4.78, 5) is 13.7. The fraction of sp³-hybridized carbons (Fsp3) is 0.917. The summed E-state index contributed by atoms with van der Waals surface area (Å²) in [6, 6.07) is 0. The normalized spacial score (nSPS) is 32.7. The Morgan fingerprint density at radius 2 is 2.18 bits per heavy atom. The van der Waals surface area contributed by atoms with E-state index in [4.69, 9.17) is 9.47 Å². The molecule has 2 saturated heterocycles. The number of hydrogen-bond donors (Lipinski definition) is 0. The van der Waals surface area contributed by atoms with Gasteiger partial charge in [-0.3, -0.25) is 0 Å².